The first-order valence-electron chi connectivity index (χ1n) is 3.85. The van der Waals surface area contributed by atoms with Crippen LogP contribution in [0.4, 0.5) is 0 Å². The maximum atomic E-state index is 2.36. The predicted molar refractivity (Wildman–Crippen MR) is 42.8 cm³/mol. The average Bonchev–Trinajstić information content (AvgIpc) is 2.05. The van der Waals surface area contributed by atoms with Gasteiger partial charge >= 0.3 is 0 Å². The summed E-state index contributed by atoms with van der Waals surface area (Å²) in [6.07, 6.45) is 6.05. The van der Waals surface area contributed by atoms with Gasteiger partial charge in [-0.2, -0.15) is 12.8 Å². The van der Waals surface area contributed by atoms with E-state index in [2.05, 4.69) is 30.7 Å². The second kappa shape index (κ2) is 4.37. The Labute approximate surface area is 93.3 Å². The minimum atomic E-state index is 0. The molecule has 2 rings (SSSR count). The molecule has 0 spiro atoms. The van der Waals surface area contributed by atoms with Crippen LogP contribution in [-0.4, -0.2) is 0 Å². The van der Waals surface area contributed by atoms with Crippen molar-refractivity contribution in [2.45, 2.75) is 19.3 Å². The Balaban J connectivity index is 0.000000605. The standard InChI is InChI=1S/C10H11.Y/c1-2-6-10-8-4-3-7-9(10)5-1;/h1-3,5-6H,4,7-8H2;/q-1;. The molecule has 1 aromatic carbocycles. The van der Waals surface area contributed by atoms with E-state index in [0.717, 1.165) is 0 Å². The van der Waals surface area contributed by atoms with Crippen LogP contribution in [0.5, 0.6) is 0 Å². The first kappa shape index (κ1) is 9.41. The molecule has 0 saturated carbocycles. The van der Waals surface area contributed by atoms with Crippen LogP contribution in [0.3, 0.4) is 0 Å². The Morgan fingerprint density at radius 3 is 2.55 bits per heavy atom. The Morgan fingerprint density at radius 2 is 1.82 bits per heavy atom. The van der Waals surface area contributed by atoms with E-state index in [1.807, 2.05) is 0 Å². The summed E-state index contributed by atoms with van der Waals surface area (Å²) in [6.45, 7) is 0. The molecule has 1 aliphatic rings. The van der Waals surface area contributed by atoms with E-state index < -0.39 is 0 Å². The van der Waals surface area contributed by atoms with Gasteiger partial charge in [0.2, 0.25) is 0 Å². The first-order valence-corrected chi connectivity index (χ1v) is 3.85. The van der Waals surface area contributed by atoms with Gasteiger partial charge in [-0.1, -0.05) is 36.2 Å². The van der Waals surface area contributed by atoms with Gasteiger partial charge in [0.1, 0.15) is 0 Å². The fraction of sp³-hybridized carbons (Fsp3) is 0.300. The van der Waals surface area contributed by atoms with Crippen molar-refractivity contribution in [1.29, 1.82) is 0 Å². The molecule has 1 radical (unpaired) electrons. The van der Waals surface area contributed by atoms with Crippen molar-refractivity contribution >= 4 is 0 Å². The molecule has 0 fully saturated rings. The summed E-state index contributed by atoms with van der Waals surface area (Å²) in [5, 5.41) is 0. The molecule has 0 N–H and O–H groups in total. The fourth-order valence-corrected chi connectivity index (χ4v) is 1.52. The molecule has 0 unspecified atom stereocenters. The molecule has 1 heteroatoms. The molecular formula is C10H11Y-. The van der Waals surface area contributed by atoms with E-state index in [1.165, 1.54) is 24.8 Å². The molecule has 0 saturated heterocycles. The second-order valence-electron chi connectivity index (χ2n) is 2.80. The SMILES string of the molecule is [Y].c1ccc2c(c1)C[CH-]CC2. The van der Waals surface area contributed by atoms with Gasteiger partial charge in [-0.05, 0) is 5.56 Å². The fourth-order valence-electron chi connectivity index (χ4n) is 1.52. The van der Waals surface area contributed by atoms with Crippen LogP contribution in [0.1, 0.15) is 17.5 Å². The van der Waals surface area contributed by atoms with Gasteiger partial charge in [0.05, 0.1) is 0 Å². The zero-order valence-corrected chi connectivity index (χ0v) is 9.42. The Bertz CT molecular complexity index is 205. The van der Waals surface area contributed by atoms with E-state index in [-0.39, 0.29) is 32.7 Å². The molecule has 1 aromatic rings. The van der Waals surface area contributed by atoms with Crippen LogP contribution in [0.25, 0.3) is 0 Å². The Hall–Kier alpha value is 0.324. The maximum Gasteiger partial charge on any atom is 0 e. The maximum absolute atomic E-state index is 2.36. The molecule has 0 bridgehead atoms. The van der Waals surface area contributed by atoms with Gasteiger partial charge in [-0.15, -0.1) is 0 Å². The summed E-state index contributed by atoms with van der Waals surface area (Å²) in [5.74, 6) is 0. The van der Waals surface area contributed by atoms with Crippen molar-refractivity contribution in [3.8, 4) is 0 Å². The number of rotatable bonds is 0. The molecular weight excluding hydrogens is 209 g/mol. The molecule has 1 aliphatic carbocycles. The molecule has 0 amide bonds. The van der Waals surface area contributed by atoms with Crippen molar-refractivity contribution in [2.75, 3.05) is 0 Å². The molecule has 0 aliphatic heterocycles. The number of benzene rings is 1. The van der Waals surface area contributed by atoms with Gasteiger partial charge < -0.3 is 6.42 Å². The number of fused-ring (bicyclic) bond motifs is 1. The van der Waals surface area contributed by atoms with E-state index in [9.17, 15) is 0 Å². The smallest absolute Gasteiger partial charge is 0 e. The minimum absolute atomic E-state index is 0. The Kier molecular flexibility index (Phi) is 3.74. The van der Waals surface area contributed by atoms with Gasteiger partial charge in [0.25, 0.3) is 0 Å². The number of aryl methyl sites for hydroxylation is 1. The Morgan fingerprint density at radius 1 is 1.09 bits per heavy atom. The molecule has 0 aromatic heterocycles. The second-order valence-corrected chi connectivity index (χ2v) is 2.80. The third kappa shape index (κ3) is 2.13. The van der Waals surface area contributed by atoms with E-state index in [1.54, 1.807) is 5.56 Å². The molecule has 0 atom stereocenters. The summed E-state index contributed by atoms with van der Waals surface area (Å²) in [4.78, 5) is 0. The van der Waals surface area contributed by atoms with E-state index in [0.29, 0.717) is 0 Å². The quantitative estimate of drug-likeness (QED) is 0.589. The van der Waals surface area contributed by atoms with Gasteiger partial charge in [0, 0.05) is 32.7 Å². The van der Waals surface area contributed by atoms with Gasteiger partial charge in [-0.25, -0.2) is 0 Å². The third-order valence-corrected chi connectivity index (χ3v) is 2.10. The van der Waals surface area contributed by atoms with Crippen LogP contribution in [0, 0.1) is 6.42 Å². The number of hydrogen-bond acceptors (Lipinski definition) is 0. The predicted octanol–water partition coefficient (Wildman–Crippen LogP) is 2.38. The largest absolute Gasteiger partial charge is 0.324 e. The normalized spacial score (nSPS) is 14.9. The molecule has 0 heterocycles. The van der Waals surface area contributed by atoms with Crippen molar-refractivity contribution < 1.29 is 32.7 Å². The van der Waals surface area contributed by atoms with Crippen LogP contribution in [0.2, 0.25) is 0 Å². The summed E-state index contributed by atoms with van der Waals surface area (Å²) in [6, 6.07) is 8.72. The van der Waals surface area contributed by atoms with Gasteiger partial charge in [-0.3, -0.25) is 0 Å². The summed E-state index contributed by atoms with van der Waals surface area (Å²) < 4.78 is 0. The molecule has 55 valence electrons. The minimum Gasteiger partial charge on any atom is -0.324 e. The van der Waals surface area contributed by atoms with E-state index >= 15 is 0 Å². The average molecular weight is 220 g/mol. The summed E-state index contributed by atoms with van der Waals surface area (Å²) >= 11 is 0. The summed E-state index contributed by atoms with van der Waals surface area (Å²) in [5.41, 5.74) is 3.07. The van der Waals surface area contributed by atoms with Crippen LogP contribution in [0.15, 0.2) is 24.3 Å². The molecule has 0 nitrogen and oxygen atoms in total. The first-order chi connectivity index (χ1) is 4.97. The third-order valence-electron chi connectivity index (χ3n) is 2.10. The zero-order chi connectivity index (χ0) is 6.81. The van der Waals surface area contributed by atoms with Crippen molar-refractivity contribution in [2.24, 2.45) is 0 Å². The number of hydrogen-bond donors (Lipinski definition) is 0. The monoisotopic (exact) mass is 220 g/mol. The topological polar surface area (TPSA) is 0 Å². The van der Waals surface area contributed by atoms with Crippen molar-refractivity contribution in [3.05, 3.63) is 41.8 Å². The van der Waals surface area contributed by atoms with Crippen LogP contribution >= 0.6 is 0 Å². The van der Waals surface area contributed by atoms with Crippen LogP contribution in [-0.2, 0) is 45.6 Å². The zero-order valence-electron chi connectivity index (χ0n) is 6.59. The molecule has 11 heavy (non-hydrogen) atoms. The van der Waals surface area contributed by atoms with Gasteiger partial charge in [0.15, 0.2) is 0 Å². The van der Waals surface area contributed by atoms with Crippen LogP contribution < -0.4 is 0 Å². The van der Waals surface area contributed by atoms with Crippen molar-refractivity contribution in [3.63, 3.8) is 0 Å². The summed E-state index contributed by atoms with van der Waals surface area (Å²) in [7, 11) is 0. The van der Waals surface area contributed by atoms with Crippen molar-refractivity contribution in [1.82, 2.24) is 0 Å². The van der Waals surface area contributed by atoms with E-state index in [4.69, 9.17) is 0 Å².